The smallest absolute Gasteiger partial charge is 0.331 e. The second kappa shape index (κ2) is 5.97. The highest BCUT2D eigenvalue weighted by Crippen LogP contribution is 2.34. The lowest BCUT2D eigenvalue weighted by Gasteiger charge is -2.09. The number of imidazole rings is 1. The highest BCUT2D eigenvalue weighted by atomic mass is 35.5. The number of alkyl halides is 3. The molecule has 0 saturated heterocycles. The van der Waals surface area contributed by atoms with Crippen LogP contribution in [0.25, 0.3) is 11.0 Å². The van der Waals surface area contributed by atoms with E-state index in [0.717, 1.165) is 12.1 Å². The zero-order chi connectivity index (χ0) is 17.6. The molecule has 125 valence electrons. The summed E-state index contributed by atoms with van der Waals surface area (Å²) in [6, 6.07) is 8.32. The third-order valence-electron chi connectivity index (χ3n) is 3.91. The van der Waals surface area contributed by atoms with E-state index in [1.54, 1.807) is 30.7 Å². The van der Waals surface area contributed by atoms with Gasteiger partial charge in [0.1, 0.15) is 5.82 Å². The van der Waals surface area contributed by atoms with Crippen LogP contribution < -0.4 is 0 Å². The summed E-state index contributed by atoms with van der Waals surface area (Å²) >= 11 is 12.3. The topological polar surface area (TPSA) is 17.8 Å². The van der Waals surface area contributed by atoms with Crippen LogP contribution in [0.3, 0.4) is 0 Å². The first-order chi connectivity index (χ1) is 11.2. The Morgan fingerprint density at radius 1 is 1.25 bits per heavy atom. The lowest BCUT2D eigenvalue weighted by molar-refractivity contribution is -0.137. The zero-order valence-corrected chi connectivity index (χ0v) is 14.3. The normalized spacial score (nSPS) is 12.1. The first-order valence-electron chi connectivity index (χ1n) is 7.06. The van der Waals surface area contributed by atoms with E-state index in [4.69, 9.17) is 23.2 Å². The minimum atomic E-state index is -4.41. The summed E-state index contributed by atoms with van der Waals surface area (Å²) < 4.78 is 40.7. The molecule has 0 aliphatic carbocycles. The Hall–Kier alpha value is -1.72. The molecule has 3 rings (SSSR count). The molecular formula is C17H12Cl2F3N2. The highest BCUT2D eigenvalue weighted by Gasteiger charge is 2.31. The van der Waals surface area contributed by atoms with Crippen molar-refractivity contribution in [2.24, 2.45) is 7.05 Å². The molecule has 0 bridgehead atoms. The van der Waals surface area contributed by atoms with Crippen molar-refractivity contribution >= 4 is 34.2 Å². The van der Waals surface area contributed by atoms with Gasteiger partial charge in [-0.2, -0.15) is 13.2 Å². The van der Waals surface area contributed by atoms with Crippen LogP contribution in [0.2, 0.25) is 10.0 Å². The predicted octanol–water partition coefficient (Wildman–Crippen LogP) is 5.60. The third kappa shape index (κ3) is 2.98. The fraction of sp³-hybridized carbons (Fsp3) is 0.235. The second-order valence-electron chi connectivity index (χ2n) is 5.54. The summed E-state index contributed by atoms with van der Waals surface area (Å²) in [5.41, 5.74) is 1.41. The van der Waals surface area contributed by atoms with Crippen LogP contribution in [0.4, 0.5) is 13.2 Å². The standard InChI is InChI=1S/C17H12Cl2F3N2/c1-9-6-10(17(20,21)22)7-14-16(9)24(2)15(23-14)8-11-12(18)4-3-5-13(11)19/h3-4,6-7H,8H2,1-2H3. The monoisotopic (exact) mass is 371 g/mol. The molecule has 0 unspecified atom stereocenters. The maximum atomic E-state index is 13.0. The molecular weight excluding hydrogens is 360 g/mol. The van der Waals surface area contributed by atoms with Gasteiger partial charge in [0.2, 0.25) is 0 Å². The van der Waals surface area contributed by atoms with Crippen LogP contribution in [0.5, 0.6) is 0 Å². The van der Waals surface area contributed by atoms with Gasteiger partial charge in [-0.1, -0.05) is 29.3 Å². The lowest BCUT2D eigenvalue weighted by Crippen LogP contribution is -2.05. The maximum absolute atomic E-state index is 13.0. The van der Waals surface area contributed by atoms with Crippen LogP contribution >= 0.6 is 23.2 Å². The highest BCUT2D eigenvalue weighted by molar-refractivity contribution is 6.35. The van der Waals surface area contributed by atoms with E-state index in [2.05, 4.69) is 11.1 Å². The van der Waals surface area contributed by atoms with Crippen LogP contribution in [0.1, 0.15) is 22.5 Å². The molecule has 1 radical (unpaired) electrons. The van der Waals surface area contributed by atoms with Crippen LogP contribution in [0, 0.1) is 13.0 Å². The molecule has 24 heavy (non-hydrogen) atoms. The summed E-state index contributed by atoms with van der Waals surface area (Å²) in [7, 11) is 1.76. The minimum absolute atomic E-state index is 0.298. The number of fused-ring (bicyclic) bond motifs is 1. The van der Waals surface area contributed by atoms with Gasteiger partial charge in [-0.3, -0.25) is 0 Å². The van der Waals surface area contributed by atoms with E-state index in [1.807, 2.05) is 0 Å². The number of hydrogen-bond donors (Lipinski definition) is 0. The summed E-state index contributed by atoms with van der Waals surface area (Å²) in [5, 5.41) is 0.848. The van der Waals surface area contributed by atoms with Crippen LogP contribution in [-0.2, 0) is 19.6 Å². The van der Waals surface area contributed by atoms with Crippen molar-refractivity contribution in [2.75, 3.05) is 0 Å². The van der Waals surface area contributed by atoms with Crippen molar-refractivity contribution in [2.45, 2.75) is 19.5 Å². The predicted molar refractivity (Wildman–Crippen MR) is 88.6 cm³/mol. The van der Waals surface area contributed by atoms with E-state index in [0.29, 0.717) is 44.5 Å². The lowest BCUT2D eigenvalue weighted by atomic mass is 10.1. The van der Waals surface area contributed by atoms with Crippen molar-refractivity contribution in [1.29, 1.82) is 0 Å². The SMILES string of the molecule is Cc1cc(C(F)(F)F)cc2nc(Cc3c(Cl)[c]ccc3Cl)n(C)c12. The van der Waals surface area contributed by atoms with Gasteiger partial charge >= 0.3 is 6.18 Å². The minimum Gasteiger partial charge on any atom is -0.331 e. The molecule has 3 aromatic rings. The Labute approximate surface area is 146 Å². The molecule has 2 nitrogen and oxygen atoms in total. The summed E-state index contributed by atoms with van der Waals surface area (Å²) in [6.45, 7) is 1.64. The largest absolute Gasteiger partial charge is 0.416 e. The van der Waals surface area contributed by atoms with E-state index in [9.17, 15) is 13.2 Å². The summed E-state index contributed by atoms with van der Waals surface area (Å²) in [4.78, 5) is 4.36. The van der Waals surface area contributed by atoms with E-state index in [-0.39, 0.29) is 0 Å². The number of benzene rings is 2. The Bertz CT molecular complexity index is 909. The van der Waals surface area contributed by atoms with Gasteiger partial charge in [0.25, 0.3) is 0 Å². The number of rotatable bonds is 2. The second-order valence-corrected chi connectivity index (χ2v) is 6.33. The number of aryl methyl sites for hydroxylation is 2. The number of nitrogens with zero attached hydrogens (tertiary/aromatic N) is 2. The number of halogens is 5. The molecule has 0 aliphatic heterocycles. The molecule has 0 saturated carbocycles. The molecule has 0 N–H and O–H groups in total. The zero-order valence-electron chi connectivity index (χ0n) is 12.8. The van der Waals surface area contributed by atoms with Gasteiger partial charge in [-0.25, -0.2) is 4.98 Å². The molecule has 1 heterocycles. The Kier molecular flexibility index (Phi) is 4.26. The van der Waals surface area contributed by atoms with Crippen LogP contribution in [0.15, 0.2) is 24.3 Å². The van der Waals surface area contributed by atoms with Crippen molar-refractivity contribution in [3.63, 3.8) is 0 Å². The Morgan fingerprint density at radius 3 is 2.58 bits per heavy atom. The van der Waals surface area contributed by atoms with Crippen molar-refractivity contribution in [1.82, 2.24) is 9.55 Å². The van der Waals surface area contributed by atoms with Crippen molar-refractivity contribution in [3.05, 3.63) is 62.9 Å². The molecule has 0 fully saturated rings. The fourth-order valence-electron chi connectivity index (χ4n) is 2.75. The average molecular weight is 372 g/mol. The van der Waals surface area contributed by atoms with Gasteiger partial charge in [-0.15, -0.1) is 0 Å². The first kappa shape index (κ1) is 17.1. The van der Waals surface area contributed by atoms with E-state index >= 15 is 0 Å². The van der Waals surface area contributed by atoms with Crippen molar-refractivity contribution < 1.29 is 13.2 Å². The Morgan fingerprint density at radius 2 is 1.96 bits per heavy atom. The molecule has 7 heteroatoms. The van der Waals surface area contributed by atoms with Gasteiger partial charge in [0.15, 0.2) is 0 Å². The van der Waals surface area contributed by atoms with Gasteiger partial charge in [0.05, 0.1) is 21.6 Å². The fourth-order valence-corrected chi connectivity index (χ4v) is 3.25. The first-order valence-corrected chi connectivity index (χ1v) is 7.81. The van der Waals surface area contributed by atoms with E-state index in [1.165, 1.54) is 0 Å². The molecule has 2 aromatic carbocycles. The van der Waals surface area contributed by atoms with Gasteiger partial charge in [-0.05, 0) is 36.2 Å². The number of hydrogen-bond acceptors (Lipinski definition) is 1. The Balaban J connectivity index is 2.14. The van der Waals surface area contributed by atoms with Gasteiger partial charge in [0, 0.05) is 24.6 Å². The van der Waals surface area contributed by atoms with Crippen molar-refractivity contribution in [3.8, 4) is 0 Å². The molecule has 1 aromatic heterocycles. The molecule has 0 atom stereocenters. The summed E-state index contributed by atoms with van der Waals surface area (Å²) in [5.74, 6) is 0.579. The quantitative estimate of drug-likeness (QED) is 0.573. The number of aromatic nitrogens is 2. The molecule has 0 aliphatic rings. The molecule has 0 spiro atoms. The molecule has 0 amide bonds. The summed E-state index contributed by atoms with van der Waals surface area (Å²) in [6.07, 6.45) is -4.10. The van der Waals surface area contributed by atoms with Gasteiger partial charge < -0.3 is 4.57 Å². The van der Waals surface area contributed by atoms with Crippen LogP contribution in [-0.4, -0.2) is 9.55 Å². The van der Waals surface area contributed by atoms with E-state index < -0.39 is 11.7 Å². The maximum Gasteiger partial charge on any atom is 0.416 e. The third-order valence-corrected chi connectivity index (χ3v) is 4.60. The average Bonchev–Trinajstić information content (AvgIpc) is 2.79.